The second kappa shape index (κ2) is 7.94. The lowest BCUT2D eigenvalue weighted by Gasteiger charge is -2.13. The molecule has 4 rings (SSSR count). The number of benzene rings is 2. The minimum absolute atomic E-state index is 0.0476. The fraction of sp³-hybridized carbons (Fsp3) is 0.211. The maximum absolute atomic E-state index is 12.8. The van der Waals surface area contributed by atoms with E-state index in [4.69, 9.17) is 14.2 Å². The van der Waals surface area contributed by atoms with Gasteiger partial charge in [-0.05, 0) is 24.3 Å². The first-order valence-electron chi connectivity index (χ1n) is 8.76. The van der Waals surface area contributed by atoms with Gasteiger partial charge in [-0.1, -0.05) is 11.3 Å². The van der Waals surface area contributed by atoms with E-state index >= 15 is 0 Å². The molecule has 0 aliphatic heterocycles. The molecule has 2 aromatic carbocycles. The average molecular weight is 480 g/mol. The molecule has 0 spiro atoms. The van der Waals surface area contributed by atoms with Crippen molar-refractivity contribution >= 4 is 64.0 Å². The van der Waals surface area contributed by atoms with Crippen LogP contribution < -0.4 is 19.5 Å². The number of nitrogens with one attached hydrogen (secondary N) is 1. The summed E-state index contributed by atoms with van der Waals surface area (Å²) >= 11 is 2.33. The molecule has 2 heterocycles. The number of thiazole rings is 2. The van der Waals surface area contributed by atoms with Crippen molar-refractivity contribution in [1.82, 2.24) is 9.97 Å². The standard InChI is InChI=1S/C19H17N3O6S3/c1-26-12-7-9(8-13(27-2)14(12)28-3)17(23)22-18-20-10-5-6-11-16(15(10)29-18)30-19(21-11)31(4,24)25/h5-8H,1-4H3,(H,20,22,23). The summed E-state index contributed by atoms with van der Waals surface area (Å²) in [7, 11) is 1.01. The Hall–Kier alpha value is -2.96. The first kappa shape index (κ1) is 21.3. The summed E-state index contributed by atoms with van der Waals surface area (Å²) in [4.78, 5) is 21.5. The van der Waals surface area contributed by atoms with Crippen LogP contribution in [0.4, 0.5) is 5.13 Å². The Kier molecular flexibility index (Phi) is 5.45. The van der Waals surface area contributed by atoms with Crippen molar-refractivity contribution in [3.05, 3.63) is 29.8 Å². The van der Waals surface area contributed by atoms with Gasteiger partial charge in [-0.25, -0.2) is 18.4 Å². The van der Waals surface area contributed by atoms with E-state index in [9.17, 15) is 13.2 Å². The van der Waals surface area contributed by atoms with Gasteiger partial charge in [0, 0.05) is 11.8 Å². The zero-order valence-electron chi connectivity index (χ0n) is 16.9. The van der Waals surface area contributed by atoms with E-state index in [0.717, 1.165) is 22.3 Å². The number of ether oxygens (including phenoxy) is 3. The fourth-order valence-corrected chi connectivity index (χ4v) is 5.95. The highest BCUT2D eigenvalue weighted by molar-refractivity contribution is 7.92. The number of methoxy groups -OCH3 is 3. The van der Waals surface area contributed by atoms with Crippen molar-refractivity contribution in [2.45, 2.75) is 4.34 Å². The monoisotopic (exact) mass is 479 g/mol. The zero-order valence-corrected chi connectivity index (χ0v) is 19.3. The molecule has 0 aliphatic rings. The van der Waals surface area contributed by atoms with E-state index in [1.54, 1.807) is 24.3 Å². The first-order valence-corrected chi connectivity index (χ1v) is 12.3. The van der Waals surface area contributed by atoms with Crippen molar-refractivity contribution in [2.75, 3.05) is 32.9 Å². The molecule has 0 unspecified atom stereocenters. The van der Waals surface area contributed by atoms with Crippen LogP contribution >= 0.6 is 22.7 Å². The van der Waals surface area contributed by atoms with E-state index in [1.807, 2.05) is 0 Å². The number of anilines is 1. The van der Waals surface area contributed by atoms with Crippen LogP contribution in [0.5, 0.6) is 17.2 Å². The molecule has 0 saturated carbocycles. The van der Waals surface area contributed by atoms with Crippen LogP contribution in [0.3, 0.4) is 0 Å². The number of hydrogen-bond donors (Lipinski definition) is 1. The Labute approximate surface area is 185 Å². The minimum atomic E-state index is -3.41. The Morgan fingerprint density at radius 2 is 1.52 bits per heavy atom. The minimum Gasteiger partial charge on any atom is -0.493 e. The van der Waals surface area contributed by atoms with Crippen molar-refractivity contribution in [3.8, 4) is 17.2 Å². The average Bonchev–Trinajstić information content (AvgIpc) is 3.35. The predicted molar refractivity (Wildman–Crippen MR) is 120 cm³/mol. The Morgan fingerprint density at radius 1 is 0.935 bits per heavy atom. The van der Waals surface area contributed by atoms with Crippen LogP contribution in [-0.4, -0.2) is 51.9 Å². The molecule has 1 N–H and O–H groups in total. The van der Waals surface area contributed by atoms with E-state index in [-0.39, 0.29) is 4.34 Å². The number of aromatic nitrogens is 2. The third kappa shape index (κ3) is 3.89. The Morgan fingerprint density at radius 3 is 2.06 bits per heavy atom. The lowest BCUT2D eigenvalue weighted by molar-refractivity contribution is 0.102. The smallest absolute Gasteiger partial charge is 0.257 e. The van der Waals surface area contributed by atoms with Crippen molar-refractivity contribution in [3.63, 3.8) is 0 Å². The van der Waals surface area contributed by atoms with Crippen molar-refractivity contribution < 1.29 is 27.4 Å². The van der Waals surface area contributed by atoms with Gasteiger partial charge in [0.15, 0.2) is 16.6 Å². The van der Waals surface area contributed by atoms with Crippen molar-refractivity contribution in [2.24, 2.45) is 0 Å². The molecule has 0 fully saturated rings. The highest BCUT2D eigenvalue weighted by Gasteiger charge is 2.20. The van der Waals surface area contributed by atoms with Gasteiger partial charge < -0.3 is 14.2 Å². The number of rotatable bonds is 6. The molecule has 0 saturated heterocycles. The number of nitrogens with zero attached hydrogens (tertiary/aromatic N) is 2. The molecule has 0 atom stereocenters. The zero-order chi connectivity index (χ0) is 22.3. The van der Waals surface area contributed by atoms with E-state index < -0.39 is 15.7 Å². The number of carbonyl (C=O) groups is 1. The molecular formula is C19H17N3O6S3. The quantitative estimate of drug-likeness (QED) is 0.446. The summed E-state index contributed by atoms with van der Waals surface area (Å²) in [6, 6.07) is 6.55. The molecule has 162 valence electrons. The molecule has 0 bridgehead atoms. The van der Waals surface area contributed by atoms with Gasteiger partial charge in [-0.2, -0.15) is 0 Å². The molecular weight excluding hydrogens is 462 g/mol. The lowest BCUT2D eigenvalue weighted by atomic mass is 10.1. The van der Waals surface area contributed by atoms with E-state index in [0.29, 0.717) is 43.7 Å². The van der Waals surface area contributed by atoms with Crippen LogP contribution in [0.25, 0.3) is 20.4 Å². The number of fused-ring (bicyclic) bond motifs is 3. The van der Waals surface area contributed by atoms with Crippen LogP contribution in [0.15, 0.2) is 28.6 Å². The van der Waals surface area contributed by atoms with E-state index in [2.05, 4.69) is 15.3 Å². The molecule has 0 radical (unpaired) electrons. The number of hydrogen-bond acceptors (Lipinski definition) is 10. The molecule has 2 aromatic heterocycles. The summed E-state index contributed by atoms with van der Waals surface area (Å²) in [6.07, 6.45) is 1.12. The maximum atomic E-state index is 12.8. The lowest BCUT2D eigenvalue weighted by Crippen LogP contribution is -2.12. The summed E-state index contributed by atoms with van der Waals surface area (Å²) in [5.41, 5.74) is 1.52. The molecule has 4 aromatic rings. The Bertz CT molecular complexity index is 1400. The Balaban J connectivity index is 1.71. The summed E-state index contributed by atoms with van der Waals surface area (Å²) in [6.45, 7) is 0. The van der Waals surface area contributed by atoms with E-state index in [1.165, 1.54) is 32.7 Å². The normalized spacial score (nSPS) is 11.6. The predicted octanol–water partition coefficient (Wildman–Crippen LogP) is 3.59. The van der Waals surface area contributed by atoms with Gasteiger partial charge in [-0.15, -0.1) is 11.3 Å². The number of sulfone groups is 1. The van der Waals surface area contributed by atoms with Gasteiger partial charge in [-0.3, -0.25) is 10.1 Å². The third-order valence-corrected chi connectivity index (χ3v) is 8.26. The third-order valence-electron chi connectivity index (χ3n) is 4.36. The molecule has 12 heteroatoms. The van der Waals surface area contributed by atoms with Gasteiger partial charge in [0.2, 0.25) is 19.9 Å². The summed E-state index contributed by atoms with van der Waals surface area (Å²) in [5, 5.41) is 3.14. The van der Waals surface area contributed by atoms with Crippen LogP contribution in [0.1, 0.15) is 10.4 Å². The highest BCUT2D eigenvalue weighted by Crippen LogP contribution is 2.39. The second-order valence-electron chi connectivity index (χ2n) is 6.40. The summed E-state index contributed by atoms with van der Waals surface area (Å²) in [5.74, 6) is 0.693. The largest absolute Gasteiger partial charge is 0.493 e. The molecule has 0 aliphatic carbocycles. The second-order valence-corrected chi connectivity index (χ2v) is 10.6. The van der Waals surface area contributed by atoms with Gasteiger partial charge in [0.05, 0.1) is 41.8 Å². The van der Waals surface area contributed by atoms with Crippen LogP contribution in [-0.2, 0) is 9.84 Å². The van der Waals surface area contributed by atoms with Crippen LogP contribution in [0, 0.1) is 0 Å². The molecule has 1 amide bonds. The van der Waals surface area contributed by atoms with Gasteiger partial charge in [0.1, 0.15) is 0 Å². The first-order chi connectivity index (χ1) is 14.7. The molecule has 9 nitrogen and oxygen atoms in total. The van der Waals surface area contributed by atoms with Crippen molar-refractivity contribution in [1.29, 1.82) is 0 Å². The van der Waals surface area contributed by atoms with Gasteiger partial charge in [0.25, 0.3) is 5.91 Å². The summed E-state index contributed by atoms with van der Waals surface area (Å²) < 4.78 is 41.1. The van der Waals surface area contributed by atoms with Crippen LogP contribution in [0.2, 0.25) is 0 Å². The SMILES string of the molecule is COc1cc(C(=O)Nc2nc3ccc4nc(S(C)(=O)=O)sc4c3s2)cc(OC)c1OC. The number of carbonyl (C=O) groups excluding carboxylic acids is 1. The molecule has 31 heavy (non-hydrogen) atoms. The maximum Gasteiger partial charge on any atom is 0.257 e. The topological polar surface area (TPSA) is 117 Å². The fourth-order valence-electron chi connectivity index (χ4n) is 2.95. The highest BCUT2D eigenvalue weighted by atomic mass is 32.2. The van der Waals surface area contributed by atoms with Gasteiger partial charge >= 0.3 is 0 Å². The number of amides is 1.